The summed E-state index contributed by atoms with van der Waals surface area (Å²) in [6.45, 7) is 2.17. The summed E-state index contributed by atoms with van der Waals surface area (Å²) in [5, 5.41) is 0. The molecule has 0 heterocycles. The van der Waals surface area contributed by atoms with Gasteiger partial charge < -0.3 is 9.47 Å². The highest BCUT2D eigenvalue weighted by Crippen LogP contribution is 2.36. The van der Waals surface area contributed by atoms with E-state index in [2.05, 4.69) is 28.5 Å². The summed E-state index contributed by atoms with van der Waals surface area (Å²) in [5.41, 5.74) is 4.77. The molecule has 0 amide bonds. The lowest BCUT2D eigenvalue weighted by Crippen LogP contribution is -2.22. The minimum atomic E-state index is -5.14. The molecule has 0 aliphatic rings. The summed E-state index contributed by atoms with van der Waals surface area (Å²) < 4.78 is 104. The van der Waals surface area contributed by atoms with Gasteiger partial charge in [0, 0.05) is 11.6 Å². The molecule has 0 aromatic heterocycles. The maximum Gasteiger partial charge on any atom is 0.573 e. The van der Waals surface area contributed by atoms with Crippen molar-refractivity contribution in [1.82, 2.24) is 0 Å². The molecule has 0 aliphatic heterocycles. The first-order chi connectivity index (χ1) is 21.9. The lowest BCUT2D eigenvalue weighted by Gasteiger charge is -2.19. The van der Waals surface area contributed by atoms with E-state index in [0.717, 1.165) is 42.2 Å². The molecular weight excluding hydrogens is 609 g/mol. The predicted octanol–water partition coefficient (Wildman–Crippen LogP) is 11.7. The van der Waals surface area contributed by atoms with Crippen LogP contribution in [-0.2, 0) is 12.5 Å². The average Bonchev–Trinajstić information content (AvgIpc) is 3.02. The molecule has 0 spiro atoms. The quantitative estimate of drug-likeness (QED) is 0.106. The summed E-state index contributed by atoms with van der Waals surface area (Å²) in [6, 6.07) is 27.1. The molecule has 9 heteroatoms. The van der Waals surface area contributed by atoms with Crippen molar-refractivity contribution in [2.45, 2.75) is 45.1 Å². The Kier molecular flexibility index (Phi) is 9.70. The van der Waals surface area contributed by atoms with Gasteiger partial charge in [-0.2, -0.15) is 8.78 Å². The SMILES string of the molecule is CCCCCc1ccc(-c2ccc(-c3ccc(-c4ccc(C(F)(F)Oc5ccc(OC(F)(F)F)c(F)c5)cc4)cc3)c(F)c2)cc1. The second kappa shape index (κ2) is 13.7. The number of ether oxygens (including phenoxy) is 2. The molecule has 0 atom stereocenters. The van der Waals surface area contributed by atoms with Crippen molar-refractivity contribution in [3.8, 4) is 44.9 Å². The zero-order chi connectivity index (χ0) is 32.9. The third kappa shape index (κ3) is 8.07. The van der Waals surface area contributed by atoms with Gasteiger partial charge in [0.25, 0.3) is 0 Å². The van der Waals surface area contributed by atoms with Crippen LogP contribution in [0.3, 0.4) is 0 Å². The van der Waals surface area contributed by atoms with Gasteiger partial charge in [-0.1, -0.05) is 92.6 Å². The van der Waals surface area contributed by atoms with Crippen LogP contribution in [0.2, 0.25) is 0 Å². The topological polar surface area (TPSA) is 18.5 Å². The van der Waals surface area contributed by atoms with Gasteiger partial charge in [0.1, 0.15) is 11.6 Å². The zero-order valence-corrected chi connectivity index (χ0v) is 24.7. The number of halogens is 7. The number of rotatable bonds is 11. The molecule has 46 heavy (non-hydrogen) atoms. The Bertz CT molecular complexity index is 1760. The van der Waals surface area contributed by atoms with Gasteiger partial charge in [-0.25, -0.2) is 8.78 Å². The van der Waals surface area contributed by atoms with Crippen molar-refractivity contribution in [2.75, 3.05) is 0 Å². The summed E-state index contributed by atoms with van der Waals surface area (Å²) in [5.74, 6) is -3.74. The van der Waals surface area contributed by atoms with Crippen LogP contribution in [0.25, 0.3) is 33.4 Å². The van der Waals surface area contributed by atoms with Crippen molar-refractivity contribution in [3.63, 3.8) is 0 Å². The molecule has 5 aromatic carbocycles. The van der Waals surface area contributed by atoms with Crippen LogP contribution < -0.4 is 9.47 Å². The molecule has 5 rings (SSSR count). The predicted molar refractivity (Wildman–Crippen MR) is 164 cm³/mol. The Morgan fingerprint density at radius 2 is 1.11 bits per heavy atom. The fourth-order valence-corrected chi connectivity index (χ4v) is 5.03. The van der Waals surface area contributed by atoms with Gasteiger partial charge in [-0.05, 0) is 76.6 Å². The molecule has 0 aliphatic carbocycles. The Labute approximate surface area is 262 Å². The fourth-order valence-electron chi connectivity index (χ4n) is 5.03. The maximum absolute atomic E-state index is 15.2. The Morgan fingerprint density at radius 1 is 0.543 bits per heavy atom. The lowest BCUT2D eigenvalue weighted by atomic mass is 9.96. The molecule has 0 radical (unpaired) electrons. The Balaban J connectivity index is 1.25. The Morgan fingerprint density at radius 3 is 1.70 bits per heavy atom. The molecule has 238 valence electrons. The van der Waals surface area contributed by atoms with Crippen LogP contribution in [0.5, 0.6) is 11.5 Å². The van der Waals surface area contributed by atoms with Crippen LogP contribution in [0.15, 0.2) is 109 Å². The monoisotopic (exact) mass is 638 g/mol. The van der Waals surface area contributed by atoms with Crippen LogP contribution in [0.4, 0.5) is 30.7 Å². The molecule has 0 unspecified atom stereocenters. The van der Waals surface area contributed by atoms with Crippen LogP contribution in [-0.4, -0.2) is 6.36 Å². The highest BCUT2D eigenvalue weighted by molar-refractivity contribution is 5.74. The number of unbranched alkanes of at least 4 members (excludes halogenated alkanes) is 2. The number of alkyl halides is 5. The number of hydrogen-bond donors (Lipinski definition) is 0. The van der Waals surface area contributed by atoms with Gasteiger partial charge in [0.2, 0.25) is 0 Å². The maximum atomic E-state index is 15.2. The first-order valence-corrected chi connectivity index (χ1v) is 14.6. The zero-order valence-electron chi connectivity index (χ0n) is 24.7. The number of hydrogen-bond acceptors (Lipinski definition) is 2. The van der Waals surface area contributed by atoms with Gasteiger partial charge in [0.15, 0.2) is 11.6 Å². The van der Waals surface area contributed by atoms with E-state index >= 15 is 4.39 Å². The molecular formula is C37H29F7O2. The van der Waals surface area contributed by atoms with Gasteiger partial charge in [-0.3, -0.25) is 0 Å². The second-order valence-corrected chi connectivity index (χ2v) is 10.8. The van der Waals surface area contributed by atoms with Gasteiger partial charge in [0.05, 0.1) is 5.56 Å². The lowest BCUT2D eigenvalue weighted by molar-refractivity contribution is -0.275. The molecule has 0 N–H and O–H groups in total. The third-order valence-corrected chi connectivity index (χ3v) is 7.45. The van der Waals surface area contributed by atoms with Crippen molar-refractivity contribution >= 4 is 0 Å². The van der Waals surface area contributed by atoms with E-state index in [9.17, 15) is 26.3 Å². The van der Waals surface area contributed by atoms with Crippen LogP contribution >= 0.6 is 0 Å². The van der Waals surface area contributed by atoms with E-state index in [1.807, 2.05) is 18.2 Å². The summed E-state index contributed by atoms with van der Waals surface area (Å²) >= 11 is 0. The fraction of sp³-hybridized carbons (Fsp3) is 0.189. The van der Waals surface area contributed by atoms with Crippen LogP contribution in [0.1, 0.15) is 37.3 Å². The van der Waals surface area contributed by atoms with E-state index in [1.54, 1.807) is 30.3 Å². The van der Waals surface area contributed by atoms with Crippen molar-refractivity contribution < 1.29 is 40.2 Å². The standard InChI is InChI=1S/C37H29F7O2/c1-2-3-4-5-24-6-8-27(9-7-24)29-16-20-32(33(38)22-29)28-12-10-25(11-13-28)26-14-17-30(18-15-26)36(40,41)45-31-19-21-35(34(39)23-31)46-37(42,43)44/h6-23H,2-5H2,1H3. The third-order valence-electron chi connectivity index (χ3n) is 7.45. The van der Waals surface area contributed by atoms with Gasteiger partial charge >= 0.3 is 12.5 Å². The van der Waals surface area contributed by atoms with Gasteiger partial charge in [-0.15, -0.1) is 13.2 Å². The van der Waals surface area contributed by atoms with Crippen molar-refractivity contribution in [1.29, 1.82) is 0 Å². The van der Waals surface area contributed by atoms with E-state index in [0.29, 0.717) is 34.4 Å². The highest BCUT2D eigenvalue weighted by Gasteiger charge is 2.36. The number of benzene rings is 5. The summed E-state index contributed by atoms with van der Waals surface area (Å²) in [7, 11) is 0. The van der Waals surface area contributed by atoms with Crippen molar-refractivity contribution in [3.05, 3.63) is 132 Å². The first kappa shape index (κ1) is 32.6. The molecule has 0 saturated heterocycles. The molecule has 0 bridgehead atoms. The average molecular weight is 639 g/mol. The highest BCUT2D eigenvalue weighted by atomic mass is 19.4. The normalized spacial score (nSPS) is 11.8. The Hall–Kier alpha value is -4.79. The van der Waals surface area contributed by atoms with Crippen LogP contribution in [0, 0.1) is 11.6 Å². The van der Waals surface area contributed by atoms with E-state index < -0.39 is 35.4 Å². The van der Waals surface area contributed by atoms with E-state index in [-0.39, 0.29) is 5.82 Å². The summed E-state index contributed by atoms with van der Waals surface area (Å²) in [6.07, 6.45) is -4.53. The second-order valence-electron chi connectivity index (χ2n) is 10.8. The molecule has 2 nitrogen and oxygen atoms in total. The molecule has 0 saturated carbocycles. The summed E-state index contributed by atoms with van der Waals surface area (Å²) in [4.78, 5) is 0. The first-order valence-electron chi connectivity index (χ1n) is 14.6. The minimum absolute atomic E-state index is 0.369. The molecule has 0 fully saturated rings. The largest absolute Gasteiger partial charge is 0.573 e. The smallest absolute Gasteiger partial charge is 0.429 e. The van der Waals surface area contributed by atoms with Crippen molar-refractivity contribution in [2.24, 2.45) is 0 Å². The van der Waals surface area contributed by atoms with E-state index in [4.69, 9.17) is 0 Å². The molecule has 5 aromatic rings. The minimum Gasteiger partial charge on any atom is -0.429 e. The van der Waals surface area contributed by atoms with E-state index in [1.165, 1.54) is 36.6 Å². The number of aryl methyl sites for hydroxylation is 1.